The van der Waals surface area contributed by atoms with E-state index >= 15 is 0 Å². The molecule has 0 aromatic carbocycles. The molecule has 0 bridgehead atoms. The summed E-state index contributed by atoms with van der Waals surface area (Å²) in [6.07, 6.45) is 8.09. The van der Waals surface area contributed by atoms with Crippen LogP contribution >= 0.6 is 0 Å². The van der Waals surface area contributed by atoms with E-state index in [0.717, 1.165) is 12.8 Å². The van der Waals surface area contributed by atoms with Crippen molar-refractivity contribution in [3.05, 3.63) is 24.8 Å². The second-order valence-electron chi connectivity index (χ2n) is 3.76. The number of carbonyl (C=O) groups is 1. The first-order valence-electron chi connectivity index (χ1n) is 5.08. The molecule has 0 aliphatic rings. The van der Waals surface area contributed by atoms with E-state index < -0.39 is 5.97 Å². The Morgan fingerprint density at radius 1 is 1.47 bits per heavy atom. The number of carbonyl (C=O) groups excluding carboxylic acids is 1. The Balaban J connectivity index is 0. The molecule has 1 atom stereocenters. The molecule has 15 heavy (non-hydrogen) atoms. The Hall–Kier alpha value is -0.0500. The molecule has 0 N–H and O–H groups in total. The van der Waals surface area contributed by atoms with Crippen LogP contribution in [0.3, 0.4) is 0 Å². The smallest absolute Gasteiger partial charge is 0.550 e. The van der Waals surface area contributed by atoms with E-state index in [1.54, 1.807) is 6.08 Å². The molecule has 0 heterocycles. The molecule has 0 radical (unpaired) electrons. The number of aliphatic carboxylic acids is 1. The molecule has 3 heteroatoms. The van der Waals surface area contributed by atoms with Crippen LogP contribution in [-0.4, -0.2) is 5.97 Å². The number of carboxylic acid groups (broad SMARTS) is 1. The number of rotatable bonds is 7. The molecule has 2 nitrogen and oxygen atoms in total. The SMILES string of the molecule is C=CC=CCCCC(C(=O)[O-])C(C)C.[Na+]. The first-order valence-corrected chi connectivity index (χ1v) is 5.08. The van der Waals surface area contributed by atoms with Crippen molar-refractivity contribution < 1.29 is 39.5 Å². The topological polar surface area (TPSA) is 40.1 Å². The maximum Gasteiger partial charge on any atom is 1.00 e. The molecule has 0 aliphatic carbocycles. The average Bonchev–Trinajstić information content (AvgIpc) is 2.09. The summed E-state index contributed by atoms with van der Waals surface area (Å²) in [4.78, 5) is 10.7. The number of hydrogen-bond acceptors (Lipinski definition) is 2. The molecule has 0 spiro atoms. The average molecular weight is 218 g/mol. The predicted octanol–water partition coefficient (Wildman–Crippen LogP) is -1.07. The molecule has 0 rings (SSSR count). The van der Waals surface area contributed by atoms with Crippen molar-refractivity contribution in [1.82, 2.24) is 0 Å². The van der Waals surface area contributed by atoms with E-state index in [2.05, 4.69) is 6.58 Å². The van der Waals surface area contributed by atoms with E-state index in [1.165, 1.54) is 0 Å². The van der Waals surface area contributed by atoms with E-state index in [9.17, 15) is 9.90 Å². The molecule has 80 valence electrons. The summed E-state index contributed by atoms with van der Waals surface area (Å²) in [5.41, 5.74) is 0. The fraction of sp³-hybridized carbons (Fsp3) is 0.583. The Kier molecular flexibility index (Phi) is 12.1. The second kappa shape index (κ2) is 10.5. The largest absolute Gasteiger partial charge is 1.00 e. The number of allylic oxidation sites excluding steroid dienone is 3. The van der Waals surface area contributed by atoms with Crippen molar-refractivity contribution in [1.29, 1.82) is 0 Å². The fourth-order valence-electron chi connectivity index (χ4n) is 1.37. The maximum absolute atomic E-state index is 10.7. The summed E-state index contributed by atoms with van der Waals surface area (Å²) in [7, 11) is 0. The van der Waals surface area contributed by atoms with Gasteiger partial charge in [0, 0.05) is 11.9 Å². The van der Waals surface area contributed by atoms with Crippen molar-refractivity contribution in [2.45, 2.75) is 33.1 Å². The first kappa shape index (κ1) is 17.3. The minimum atomic E-state index is -0.923. The standard InChI is InChI=1S/C12H20O2.Na/c1-4-5-6-7-8-9-11(10(2)3)12(13)14;/h4-6,10-11H,1,7-9H2,2-3H3,(H,13,14);/q;+1/p-1. The first-order chi connectivity index (χ1) is 6.59. The molecule has 0 amide bonds. The Morgan fingerprint density at radius 2 is 2.07 bits per heavy atom. The van der Waals surface area contributed by atoms with Crippen LogP contribution < -0.4 is 34.7 Å². The van der Waals surface area contributed by atoms with Crippen LogP contribution in [0.1, 0.15) is 33.1 Å². The Bertz CT molecular complexity index is 210. The molecule has 0 aromatic heterocycles. The summed E-state index contributed by atoms with van der Waals surface area (Å²) in [6.45, 7) is 7.39. The van der Waals surface area contributed by atoms with Gasteiger partial charge < -0.3 is 9.90 Å². The van der Waals surface area contributed by atoms with Crippen LogP contribution in [0.4, 0.5) is 0 Å². The summed E-state index contributed by atoms with van der Waals surface area (Å²) < 4.78 is 0. The third-order valence-corrected chi connectivity index (χ3v) is 2.27. The zero-order chi connectivity index (χ0) is 11.0. The zero-order valence-electron chi connectivity index (χ0n) is 10.0. The van der Waals surface area contributed by atoms with E-state index in [4.69, 9.17) is 0 Å². The monoisotopic (exact) mass is 218 g/mol. The number of unbranched alkanes of at least 4 members (excludes halogenated alkanes) is 1. The van der Waals surface area contributed by atoms with Crippen molar-refractivity contribution in [2.24, 2.45) is 11.8 Å². The third kappa shape index (κ3) is 8.91. The van der Waals surface area contributed by atoms with Gasteiger partial charge in [-0.25, -0.2) is 0 Å². The van der Waals surface area contributed by atoms with Crippen molar-refractivity contribution in [3.8, 4) is 0 Å². The van der Waals surface area contributed by atoms with Gasteiger partial charge >= 0.3 is 29.6 Å². The molecule has 0 saturated carbocycles. The fourth-order valence-corrected chi connectivity index (χ4v) is 1.37. The molecule has 1 unspecified atom stereocenters. The number of hydrogen-bond donors (Lipinski definition) is 0. The van der Waals surface area contributed by atoms with E-state index in [-0.39, 0.29) is 41.4 Å². The van der Waals surface area contributed by atoms with Gasteiger partial charge in [0.2, 0.25) is 0 Å². The normalized spacial score (nSPS) is 12.5. The molecular formula is C12H19NaO2. The zero-order valence-corrected chi connectivity index (χ0v) is 12.0. The van der Waals surface area contributed by atoms with Crippen LogP contribution in [0.25, 0.3) is 0 Å². The second-order valence-corrected chi connectivity index (χ2v) is 3.76. The van der Waals surface area contributed by atoms with Crippen molar-refractivity contribution in [2.75, 3.05) is 0 Å². The summed E-state index contributed by atoms with van der Waals surface area (Å²) in [5, 5.41) is 10.7. The van der Waals surface area contributed by atoms with Gasteiger partial charge in [-0.05, 0) is 25.2 Å². The summed E-state index contributed by atoms with van der Waals surface area (Å²) in [5.74, 6) is -1.08. The molecule has 0 aliphatic heterocycles. The predicted molar refractivity (Wildman–Crippen MR) is 56.5 cm³/mol. The van der Waals surface area contributed by atoms with Crippen molar-refractivity contribution in [3.63, 3.8) is 0 Å². The Morgan fingerprint density at radius 3 is 2.47 bits per heavy atom. The molecule has 0 saturated heterocycles. The number of carboxylic acids is 1. The van der Waals surface area contributed by atoms with Gasteiger partial charge in [-0.2, -0.15) is 0 Å². The van der Waals surface area contributed by atoms with Gasteiger partial charge in [-0.3, -0.25) is 0 Å². The van der Waals surface area contributed by atoms with Crippen LogP contribution in [0.15, 0.2) is 24.8 Å². The quantitative estimate of drug-likeness (QED) is 0.310. The third-order valence-electron chi connectivity index (χ3n) is 2.27. The van der Waals surface area contributed by atoms with Gasteiger partial charge in [0.05, 0.1) is 0 Å². The summed E-state index contributed by atoms with van der Waals surface area (Å²) >= 11 is 0. The van der Waals surface area contributed by atoms with Gasteiger partial charge in [-0.1, -0.05) is 38.7 Å². The summed E-state index contributed by atoms with van der Waals surface area (Å²) in [6, 6.07) is 0. The van der Waals surface area contributed by atoms with Crippen LogP contribution in [0, 0.1) is 11.8 Å². The van der Waals surface area contributed by atoms with Gasteiger partial charge in [0.1, 0.15) is 0 Å². The van der Waals surface area contributed by atoms with E-state index in [0.29, 0.717) is 6.42 Å². The van der Waals surface area contributed by atoms with E-state index in [1.807, 2.05) is 26.0 Å². The van der Waals surface area contributed by atoms with Gasteiger partial charge in [-0.15, -0.1) is 0 Å². The molecule has 0 fully saturated rings. The van der Waals surface area contributed by atoms with Crippen LogP contribution in [0.5, 0.6) is 0 Å². The minimum Gasteiger partial charge on any atom is -0.550 e. The maximum atomic E-state index is 10.7. The van der Waals surface area contributed by atoms with Crippen LogP contribution in [0.2, 0.25) is 0 Å². The van der Waals surface area contributed by atoms with Gasteiger partial charge in [0.25, 0.3) is 0 Å². The minimum absolute atomic E-state index is 0. The Labute approximate surface area is 115 Å². The van der Waals surface area contributed by atoms with Crippen LogP contribution in [-0.2, 0) is 4.79 Å². The van der Waals surface area contributed by atoms with Gasteiger partial charge in [0.15, 0.2) is 0 Å². The van der Waals surface area contributed by atoms with Crippen molar-refractivity contribution >= 4 is 5.97 Å². The molecule has 0 aromatic rings. The molecular weight excluding hydrogens is 199 g/mol.